The molecule has 0 bridgehead atoms. The van der Waals surface area contributed by atoms with Crippen LogP contribution in [0.1, 0.15) is 29.6 Å². The zero-order valence-electron chi connectivity index (χ0n) is 11.7. The smallest absolute Gasteiger partial charge is 0.125 e. The van der Waals surface area contributed by atoms with Crippen molar-refractivity contribution in [1.82, 2.24) is 9.97 Å². The molecule has 106 valence electrons. The molecule has 1 aromatic carbocycles. The lowest BCUT2D eigenvalue weighted by Gasteiger charge is -2.36. The standard InChI is InChI=1S/C16H15N3O2/c1-11-18-8-6-13(19-11)15(20)16(10-17)7-9-21-14-5-3-2-4-12(14)16/h2-6,8,15,20H,7,9H2,1H3. The van der Waals surface area contributed by atoms with Gasteiger partial charge in [-0.1, -0.05) is 18.2 Å². The van der Waals surface area contributed by atoms with Crippen LogP contribution in [0.4, 0.5) is 0 Å². The van der Waals surface area contributed by atoms with Gasteiger partial charge < -0.3 is 9.84 Å². The van der Waals surface area contributed by atoms with Gasteiger partial charge in [-0.3, -0.25) is 0 Å². The lowest BCUT2D eigenvalue weighted by Crippen LogP contribution is -2.38. The topological polar surface area (TPSA) is 79.0 Å². The van der Waals surface area contributed by atoms with E-state index in [9.17, 15) is 10.4 Å². The summed E-state index contributed by atoms with van der Waals surface area (Å²) in [5, 5.41) is 20.6. The van der Waals surface area contributed by atoms with Gasteiger partial charge in [0, 0.05) is 18.2 Å². The van der Waals surface area contributed by atoms with E-state index in [1.54, 1.807) is 19.2 Å². The van der Waals surface area contributed by atoms with Crippen molar-refractivity contribution in [3.05, 3.63) is 53.6 Å². The molecular weight excluding hydrogens is 266 g/mol. The van der Waals surface area contributed by atoms with E-state index >= 15 is 0 Å². The number of rotatable bonds is 2. The van der Waals surface area contributed by atoms with E-state index in [0.29, 0.717) is 35.9 Å². The van der Waals surface area contributed by atoms with Crippen molar-refractivity contribution in [2.75, 3.05) is 6.61 Å². The Balaban J connectivity index is 2.12. The van der Waals surface area contributed by atoms with E-state index in [4.69, 9.17) is 4.74 Å². The molecule has 2 atom stereocenters. The summed E-state index contributed by atoms with van der Waals surface area (Å²) in [5.74, 6) is 1.22. The molecule has 1 aliphatic rings. The van der Waals surface area contributed by atoms with Crippen LogP contribution in [0.2, 0.25) is 0 Å². The largest absolute Gasteiger partial charge is 0.493 e. The average Bonchev–Trinajstić information content (AvgIpc) is 2.53. The molecule has 2 aromatic rings. The summed E-state index contributed by atoms with van der Waals surface area (Å²) in [6.45, 7) is 2.15. The number of hydrogen-bond acceptors (Lipinski definition) is 5. The van der Waals surface area contributed by atoms with Crippen molar-refractivity contribution >= 4 is 0 Å². The van der Waals surface area contributed by atoms with Gasteiger partial charge in [0.2, 0.25) is 0 Å². The second-order valence-corrected chi connectivity index (χ2v) is 5.11. The van der Waals surface area contributed by atoms with Crippen LogP contribution in [0.3, 0.4) is 0 Å². The Kier molecular flexibility index (Phi) is 3.32. The van der Waals surface area contributed by atoms with Crippen LogP contribution in [0.5, 0.6) is 5.75 Å². The first-order chi connectivity index (χ1) is 10.2. The van der Waals surface area contributed by atoms with E-state index in [1.165, 1.54) is 0 Å². The van der Waals surface area contributed by atoms with E-state index in [2.05, 4.69) is 16.0 Å². The SMILES string of the molecule is Cc1nccc(C(O)C2(C#N)CCOc3ccccc32)n1. The molecule has 1 aliphatic heterocycles. The van der Waals surface area contributed by atoms with E-state index in [-0.39, 0.29) is 0 Å². The first-order valence-corrected chi connectivity index (χ1v) is 6.78. The number of aliphatic hydroxyl groups is 1. The number of ether oxygens (including phenoxy) is 1. The van der Waals surface area contributed by atoms with Gasteiger partial charge in [-0.2, -0.15) is 5.26 Å². The van der Waals surface area contributed by atoms with E-state index < -0.39 is 11.5 Å². The van der Waals surface area contributed by atoms with Gasteiger partial charge in [-0.15, -0.1) is 0 Å². The Morgan fingerprint density at radius 3 is 2.95 bits per heavy atom. The summed E-state index contributed by atoms with van der Waals surface area (Å²) in [6, 6.07) is 11.3. The number of nitrogens with zero attached hydrogens (tertiary/aromatic N) is 3. The van der Waals surface area contributed by atoms with Crippen molar-refractivity contribution in [2.45, 2.75) is 24.9 Å². The minimum Gasteiger partial charge on any atom is -0.493 e. The highest BCUT2D eigenvalue weighted by Crippen LogP contribution is 2.45. The number of aromatic nitrogens is 2. The quantitative estimate of drug-likeness (QED) is 0.911. The van der Waals surface area contributed by atoms with Crippen molar-refractivity contribution in [3.8, 4) is 11.8 Å². The first-order valence-electron chi connectivity index (χ1n) is 6.78. The van der Waals surface area contributed by atoms with Crippen LogP contribution in [0.25, 0.3) is 0 Å². The maximum Gasteiger partial charge on any atom is 0.125 e. The number of para-hydroxylation sites is 1. The van der Waals surface area contributed by atoms with Crippen molar-refractivity contribution < 1.29 is 9.84 Å². The van der Waals surface area contributed by atoms with Crippen LogP contribution in [0.15, 0.2) is 36.5 Å². The normalized spacial score (nSPS) is 21.8. The van der Waals surface area contributed by atoms with Gasteiger partial charge in [0.1, 0.15) is 23.1 Å². The minimum atomic E-state index is -1.05. The number of fused-ring (bicyclic) bond motifs is 1. The molecule has 0 aliphatic carbocycles. The van der Waals surface area contributed by atoms with Gasteiger partial charge in [-0.05, 0) is 19.1 Å². The Labute approximate surface area is 122 Å². The second-order valence-electron chi connectivity index (χ2n) is 5.11. The molecule has 2 heterocycles. The lowest BCUT2D eigenvalue weighted by atomic mass is 9.72. The van der Waals surface area contributed by atoms with E-state index in [0.717, 1.165) is 0 Å². The number of nitriles is 1. The van der Waals surface area contributed by atoms with Gasteiger partial charge in [0.05, 0.1) is 18.4 Å². The lowest BCUT2D eigenvalue weighted by molar-refractivity contribution is 0.0770. The summed E-state index contributed by atoms with van der Waals surface area (Å²) < 4.78 is 5.60. The Morgan fingerprint density at radius 1 is 1.38 bits per heavy atom. The highest BCUT2D eigenvalue weighted by molar-refractivity contribution is 5.47. The van der Waals surface area contributed by atoms with Crippen LogP contribution in [0, 0.1) is 18.3 Å². The molecule has 5 heteroatoms. The van der Waals surface area contributed by atoms with E-state index in [1.807, 2.05) is 24.3 Å². The molecule has 1 aromatic heterocycles. The van der Waals surface area contributed by atoms with Crippen LogP contribution in [-0.2, 0) is 5.41 Å². The predicted octanol–water partition coefficient (Wildman–Crippen LogP) is 2.06. The molecule has 21 heavy (non-hydrogen) atoms. The van der Waals surface area contributed by atoms with Crippen molar-refractivity contribution in [2.24, 2.45) is 0 Å². The molecule has 0 saturated heterocycles. The number of aryl methyl sites for hydroxylation is 1. The Bertz CT molecular complexity index is 711. The van der Waals surface area contributed by atoms with Crippen molar-refractivity contribution in [1.29, 1.82) is 5.26 Å². The molecule has 2 unspecified atom stereocenters. The second kappa shape index (κ2) is 5.15. The van der Waals surface area contributed by atoms with Gasteiger partial charge >= 0.3 is 0 Å². The Hall–Kier alpha value is -2.45. The van der Waals surface area contributed by atoms with Crippen LogP contribution in [-0.4, -0.2) is 21.7 Å². The molecule has 0 fully saturated rings. The van der Waals surface area contributed by atoms with Gasteiger partial charge in [0.25, 0.3) is 0 Å². The van der Waals surface area contributed by atoms with Crippen LogP contribution < -0.4 is 4.74 Å². The Morgan fingerprint density at radius 2 is 2.19 bits per heavy atom. The molecular formula is C16H15N3O2. The molecule has 0 saturated carbocycles. The molecule has 0 amide bonds. The summed E-state index contributed by atoms with van der Waals surface area (Å²) in [7, 11) is 0. The zero-order chi connectivity index (χ0) is 14.9. The third kappa shape index (κ3) is 2.14. The molecule has 3 rings (SSSR count). The summed E-state index contributed by atoms with van der Waals surface area (Å²) in [4.78, 5) is 8.29. The fraction of sp³-hybridized carbons (Fsp3) is 0.312. The molecule has 5 nitrogen and oxygen atoms in total. The summed E-state index contributed by atoms with van der Waals surface area (Å²) in [5.41, 5.74) is 0.124. The number of aliphatic hydroxyl groups excluding tert-OH is 1. The first kappa shape index (κ1) is 13.5. The van der Waals surface area contributed by atoms with Gasteiger partial charge in [0.15, 0.2) is 0 Å². The molecule has 0 spiro atoms. The van der Waals surface area contributed by atoms with Crippen molar-refractivity contribution in [3.63, 3.8) is 0 Å². The molecule has 1 N–H and O–H groups in total. The fourth-order valence-corrected chi connectivity index (χ4v) is 2.76. The summed E-state index contributed by atoms with van der Waals surface area (Å²) in [6.07, 6.45) is 0.997. The predicted molar refractivity (Wildman–Crippen MR) is 75.6 cm³/mol. The number of benzene rings is 1. The minimum absolute atomic E-state index is 0.395. The monoisotopic (exact) mass is 281 g/mol. The zero-order valence-corrected chi connectivity index (χ0v) is 11.7. The maximum atomic E-state index is 10.8. The third-order valence-corrected chi connectivity index (χ3v) is 3.87. The summed E-state index contributed by atoms with van der Waals surface area (Å²) >= 11 is 0. The van der Waals surface area contributed by atoms with Gasteiger partial charge in [-0.25, -0.2) is 9.97 Å². The van der Waals surface area contributed by atoms with Crippen LogP contribution >= 0.6 is 0 Å². The average molecular weight is 281 g/mol. The maximum absolute atomic E-state index is 10.8. The third-order valence-electron chi connectivity index (χ3n) is 3.87. The number of hydrogen-bond donors (Lipinski definition) is 1. The fourth-order valence-electron chi connectivity index (χ4n) is 2.76. The highest BCUT2D eigenvalue weighted by Gasteiger charge is 2.45. The molecule has 0 radical (unpaired) electrons. The highest BCUT2D eigenvalue weighted by atomic mass is 16.5.